The predicted molar refractivity (Wildman–Crippen MR) is 140 cm³/mol. The van der Waals surface area contributed by atoms with Crippen LogP contribution in [0.2, 0.25) is 0 Å². The van der Waals surface area contributed by atoms with Gasteiger partial charge < -0.3 is 20.4 Å². The minimum absolute atomic E-state index is 0.417. The van der Waals surface area contributed by atoms with Gasteiger partial charge in [-0.1, -0.05) is 61.5 Å². The molecule has 0 aromatic carbocycles. The Bertz CT molecular complexity index is 694. The van der Waals surface area contributed by atoms with Crippen molar-refractivity contribution in [3.63, 3.8) is 0 Å². The Balaban J connectivity index is 3.67. The molecule has 0 aromatic rings. The van der Waals surface area contributed by atoms with Crippen molar-refractivity contribution >= 4 is 0 Å². The van der Waals surface area contributed by atoms with Crippen LogP contribution in [0, 0.1) is 48.4 Å². The smallest absolute Gasteiger partial charge is 0.133 e. The quantitative estimate of drug-likeness (QED) is 0.147. The maximum absolute atomic E-state index is 9.93. The monoisotopic (exact) mass is 466 g/mol. The van der Waals surface area contributed by atoms with Crippen LogP contribution in [0.5, 0.6) is 0 Å². The van der Waals surface area contributed by atoms with Gasteiger partial charge in [-0.3, -0.25) is 0 Å². The van der Waals surface area contributed by atoms with E-state index in [4.69, 9.17) is 12.8 Å². The molecule has 0 rings (SSSR count). The summed E-state index contributed by atoms with van der Waals surface area (Å²) in [6.45, 7) is 0. The van der Waals surface area contributed by atoms with E-state index in [0.717, 1.165) is 77.0 Å². The Morgan fingerprint density at radius 3 is 1.32 bits per heavy atom. The van der Waals surface area contributed by atoms with Crippen molar-refractivity contribution in [1.29, 1.82) is 0 Å². The number of hydrogen-bond acceptors (Lipinski definition) is 4. The molecule has 4 atom stereocenters. The van der Waals surface area contributed by atoms with Crippen LogP contribution >= 0.6 is 0 Å². The Morgan fingerprint density at radius 1 is 0.559 bits per heavy atom. The van der Waals surface area contributed by atoms with Gasteiger partial charge in [0.1, 0.15) is 24.4 Å². The van der Waals surface area contributed by atoms with Crippen molar-refractivity contribution in [2.45, 2.75) is 114 Å². The van der Waals surface area contributed by atoms with E-state index in [1.807, 2.05) is 12.2 Å². The van der Waals surface area contributed by atoms with E-state index in [9.17, 15) is 20.4 Å². The van der Waals surface area contributed by atoms with Crippen LogP contribution in [0.25, 0.3) is 0 Å². The van der Waals surface area contributed by atoms with Gasteiger partial charge in [0.25, 0.3) is 0 Å². The predicted octanol–water partition coefficient (Wildman–Crippen LogP) is 4.28. The van der Waals surface area contributed by atoms with Gasteiger partial charge >= 0.3 is 0 Å². The lowest BCUT2D eigenvalue weighted by Crippen LogP contribution is -2.10. The van der Waals surface area contributed by atoms with Gasteiger partial charge in [-0.05, 0) is 63.5 Å². The number of aliphatic hydroxyl groups is 4. The molecular weight excluding hydrogens is 424 g/mol. The number of terminal acetylenes is 2. The van der Waals surface area contributed by atoms with Gasteiger partial charge in [0.2, 0.25) is 0 Å². The molecule has 34 heavy (non-hydrogen) atoms. The van der Waals surface area contributed by atoms with Gasteiger partial charge in [-0.2, -0.15) is 0 Å². The van der Waals surface area contributed by atoms with Gasteiger partial charge in [-0.25, -0.2) is 0 Å². The fourth-order valence-corrected chi connectivity index (χ4v) is 3.06. The fourth-order valence-electron chi connectivity index (χ4n) is 3.06. The molecule has 0 bridgehead atoms. The Morgan fingerprint density at radius 2 is 0.941 bits per heavy atom. The molecular formula is C30H42O4. The lowest BCUT2D eigenvalue weighted by molar-refractivity contribution is 0.172. The molecule has 186 valence electrons. The maximum atomic E-state index is 9.93. The second kappa shape index (κ2) is 23.7. The molecule has 0 saturated heterocycles. The highest BCUT2D eigenvalue weighted by Crippen LogP contribution is 2.07. The third-order valence-corrected chi connectivity index (χ3v) is 5.07. The number of rotatable bonds is 17. The summed E-state index contributed by atoms with van der Waals surface area (Å²) in [5, 5.41) is 38.3. The van der Waals surface area contributed by atoms with Crippen molar-refractivity contribution < 1.29 is 20.4 Å². The van der Waals surface area contributed by atoms with Gasteiger partial charge in [-0.15, -0.1) is 24.7 Å². The van der Waals surface area contributed by atoms with E-state index in [-0.39, 0.29) is 0 Å². The van der Waals surface area contributed by atoms with Crippen molar-refractivity contribution in [2.24, 2.45) is 0 Å². The third kappa shape index (κ3) is 22.7. The highest BCUT2D eigenvalue weighted by atomic mass is 16.3. The first-order valence-corrected chi connectivity index (χ1v) is 12.4. The van der Waals surface area contributed by atoms with Gasteiger partial charge in [0, 0.05) is 12.8 Å². The Hall–Kier alpha value is -2.44. The van der Waals surface area contributed by atoms with Crippen LogP contribution < -0.4 is 0 Å². The number of unbranched alkanes of at least 4 members (excludes halogenated alkanes) is 10. The van der Waals surface area contributed by atoms with Crippen LogP contribution in [0.15, 0.2) is 24.3 Å². The molecule has 0 amide bonds. The van der Waals surface area contributed by atoms with E-state index < -0.39 is 24.4 Å². The van der Waals surface area contributed by atoms with Crippen molar-refractivity contribution in [3.8, 4) is 48.4 Å². The van der Waals surface area contributed by atoms with Crippen LogP contribution in [0.3, 0.4) is 0 Å². The minimum Gasteiger partial charge on any atom is -0.380 e. The van der Waals surface area contributed by atoms with Crippen LogP contribution in [0.4, 0.5) is 0 Å². The first-order valence-electron chi connectivity index (χ1n) is 12.4. The molecule has 0 heterocycles. The summed E-state index contributed by atoms with van der Waals surface area (Å²) >= 11 is 0. The number of aliphatic hydroxyl groups excluding tert-OH is 4. The number of hydrogen-bond donors (Lipinski definition) is 4. The average molecular weight is 467 g/mol. The third-order valence-electron chi connectivity index (χ3n) is 5.07. The summed E-state index contributed by atoms with van der Waals surface area (Å²) in [4.78, 5) is 0. The average Bonchev–Trinajstić information content (AvgIpc) is 2.84. The lowest BCUT2D eigenvalue weighted by atomic mass is 10.1. The zero-order valence-corrected chi connectivity index (χ0v) is 20.5. The lowest BCUT2D eigenvalue weighted by Gasteiger charge is -2.05. The SMILES string of the molecule is C#CC(O)/C=C/CCCCCCC#CC(O)CCC(O)C#CCCCCCC/C=C/C(O)C#C. The zero-order chi connectivity index (χ0) is 25.3. The summed E-state index contributed by atoms with van der Waals surface area (Å²) in [6.07, 6.45) is 26.9. The normalized spacial score (nSPS) is 14.3. The van der Waals surface area contributed by atoms with Crippen LogP contribution in [0.1, 0.15) is 89.9 Å². The molecule has 4 unspecified atom stereocenters. The van der Waals surface area contributed by atoms with Crippen molar-refractivity contribution in [2.75, 3.05) is 0 Å². The highest BCUT2D eigenvalue weighted by molar-refractivity contribution is 5.08. The molecule has 0 aliphatic carbocycles. The molecule has 0 spiro atoms. The largest absolute Gasteiger partial charge is 0.380 e. The minimum atomic E-state index is -0.785. The van der Waals surface area contributed by atoms with Crippen molar-refractivity contribution in [1.82, 2.24) is 0 Å². The van der Waals surface area contributed by atoms with Gasteiger partial charge in [0.05, 0.1) is 0 Å². The molecule has 0 aliphatic heterocycles. The van der Waals surface area contributed by atoms with E-state index in [0.29, 0.717) is 12.8 Å². The van der Waals surface area contributed by atoms with E-state index in [2.05, 4.69) is 35.5 Å². The first-order chi connectivity index (χ1) is 16.5. The summed E-state index contributed by atoms with van der Waals surface area (Å²) in [6, 6.07) is 0. The zero-order valence-electron chi connectivity index (χ0n) is 20.5. The summed E-state index contributed by atoms with van der Waals surface area (Å²) in [7, 11) is 0. The molecule has 4 N–H and O–H groups in total. The first kappa shape index (κ1) is 31.6. The van der Waals surface area contributed by atoms with E-state index in [1.165, 1.54) is 0 Å². The summed E-state index contributed by atoms with van der Waals surface area (Å²) in [5.74, 6) is 16.2. The van der Waals surface area contributed by atoms with Crippen molar-refractivity contribution in [3.05, 3.63) is 24.3 Å². The summed E-state index contributed by atoms with van der Waals surface area (Å²) in [5.41, 5.74) is 0. The van der Waals surface area contributed by atoms with E-state index >= 15 is 0 Å². The molecule has 0 aliphatic rings. The second-order valence-electron chi connectivity index (χ2n) is 8.24. The Labute approximate surface area is 207 Å². The van der Waals surface area contributed by atoms with Gasteiger partial charge in [0.15, 0.2) is 0 Å². The molecule has 0 saturated carbocycles. The van der Waals surface area contributed by atoms with Crippen LogP contribution in [-0.2, 0) is 0 Å². The molecule has 4 heteroatoms. The standard InChI is InChI=1S/C30H42O4/c1-3-27(31)21-17-13-9-5-7-11-15-19-23-29(33)25-26-30(34)24-20-16-12-8-6-10-14-18-22-28(32)4-2/h1-2,17-18,21-22,27-34H,5-16,25-26H2/b21-17+,22-18+. The Kier molecular flexibility index (Phi) is 22.0. The fraction of sp³-hybridized carbons (Fsp3) is 0.600. The maximum Gasteiger partial charge on any atom is 0.133 e. The molecule has 4 nitrogen and oxygen atoms in total. The summed E-state index contributed by atoms with van der Waals surface area (Å²) < 4.78 is 0. The molecule has 0 fully saturated rings. The van der Waals surface area contributed by atoms with E-state index in [1.54, 1.807) is 12.2 Å². The molecule has 0 radical (unpaired) electrons. The highest BCUT2D eigenvalue weighted by Gasteiger charge is 2.04. The van der Waals surface area contributed by atoms with Crippen LogP contribution in [-0.4, -0.2) is 44.8 Å². The molecule has 0 aromatic heterocycles. The topological polar surface area (TPSA) is 80.9 Å². The number of allylic oxidation sites excluding steroid dienone is 2. The second-order valence-corrected chi connectivity index (χ2v) is 8.24.